The van der Waals surface area contributed by atoms with Crippen molar-refractivity contribution < 1.29 is 14.3 Å². The molecule has 0 saturated heterocycles. The van der Waals surface area contributed by atoms with Crippen molar-refractivity contribution in [2.24, 2.45) is 0 Å². The van der Waals surface area contributed by atoms with Crippen molar-refractivity contribution in [2.45, 2.75) is 6.92 Å². The monoisotopic (exact) mass is 454 g/mol. The summed E-state index contributed by atoms with van der Waals surface area (Å²) < 4.78 is 5.86. The number of oxazole rings is 1. The fourth-order valence-corrected chi connectivity index (χ4v) is 3.97. The minimum Gasteiger partial charge on any atom is -0.507 e. The third-order valence-electron chi connectivity index (χ3n) is 5.36. The van der Waals surface area contributed by atoms with E-state index < -0.39 is 0 Å². The highest BCUT2D eigenvalue weighted by atomic mass is 35.5. The summed E-state index contributed by atoms with van der Waals surface area (Å²) in [6, 6.07) is 26.6. The summed E-state index contributed by atoms with van der Waals surface area (Å²) in [5.74, 6) is 0.144. The van der Waals surface area contributed by atoms with Crippen LogP contribution in [0.4, 0.5) is 5.88 Å². The predicted molar refractivity (Wildman–Crippen MR) is 131 cm³/mol. The highest BCUT2D eigenvalue weighted by molar-refractivity contribution is 6.30. The Morgan fingerprint density at radius 3 is 2.39 bits per heavy atom. The number of carbonyl (C=O) groups is 1. The Morgan fingerprint density at radius 2 is 1.64 bits per heavy atom. The Hall–Kier alpha value is -4.09. The van der Waals surface area contributed by atoms with Gasteiger partial charge in [-0.3, -0.25) is 10.1 Å². The molecule has 5 aromatic rings. The zero-order chi connectivity index (χ0) is 22.9. The molecule has 0 unspecified atom stereocenters. The number of nitrogens with one attached hydrogen (secondary N) is 1. The zero-order valence-electron chi connectivity index (χ0n) is 17.7. The molecular formula is C27H19ClN2O3. The van der Waals surface area contributed by atoms with Crippen LogP contribution in [0.25, 0.3) is 44.6 Å². The van der Waals surface area contributed by atoms with Crippen molar-refractivity contribution in [1.82, 2.24) is 4.98 Å². The molecule has 0 fully saturated rings. The first-order chi connectivity index (χ1) is 16.0. The number of phenols is 1. The van der Waals surface area contributed by atoms with Crippen LogP contribution in [0.2, 0.25) is 5.02 Å². The first-order valence-corrected chi connectivity index (χ1v) is 10.7. The zero-order valence-corrected chi connectivity index (χ0v) is 18.4. The van der Waals surface area contributed by atoms with Crippen molar-refractivity contribution in [1.29, 1.82) is 0 Å². The third-order valence-corrected chi connectivity index (χ3v) is 5.62. The number of benzene rings is 4. The van der Waals surface area contributed by atoms with Crippen LogP contribution in [0.5, 0.6) is 5.75 Å². The van der Waals surface area contributed by atoms with E-state index in [1.807, 2.05) is 30.3 Å². The van der Waals surface area contributed by atoms with Crippen LogP contribution >= 0.6 is 11.6 Å². The largest absolute Gasteiger partial charge is 0.507 e. The highest BCUT2D eigenvalue weighted by Gasteiger charge is 2.20. The molecule has 0 saturated carbocycles. The molecular weight excluding hydrogens is 436 g/mol. The Bertz CT molecular complexity index is 1480. The van der Waals surface area contributed by atoms with Gasteiger partial charge in [-0.25, -0.2) is 4.98 Å². The molecule has 162 valence electrons. The van der Waals surface area contributed by atoms with E-state index in [4.69, 9.17) is 16.0 Å². The lowest BCUT2D eigenvalue weighted by atomic mass is 9.97. The van der Waals surface area contributed by atoms with Crippen LogP contribution in [-0.4, -0.2) is 16.0 Å². The van der Waals surface area contributed by atoms with Crippen LogP contribution in [0.3, 0.4) is 0 Å². The van der Waals surface area contributed by atoms with E-state index in [1.165, 1.54) is 6.92 Å². The number of carbonyl (C=O) groups excluding carboxylic acids is 1. The molecule has 1 heterocycles. The summed E-state index contributed by atoms with van der Waals surface area (Å²) >= 11 is 6.00. The summed E-state index contributed by atoms with van der Waals surface area (Å²) in [5.41, 5.74) is 3.49. The van der Waals surface area contributed by atoms with E-state index in [1.54, 1.807) is 36.4 Å². The van der Waals surface area contributed by atoms with Gasteiger partial charge >= 0.3 is 0 Å². The average Bonchev–Trinajstić information content (AvgIpc) is 3.21. The Kier molecular flexibility index (Phi) is 5.32. The van der Waals surface area contributed by atoms with Crippen LogP contribution in [0.15, 0.2) is 89.3 Å². The number of aromatic nitrogens is 1. The van der Waals surface area contributed by atoms with Crippen LogP contribution in [-0.2, 0) is 4.79 Å². The number of rotatable bonds is 4. The molecule has 0 spiro atoms. The molecule has 0 aliphatic carbocycles. The van der Waals surface area contributed by atoms with E-state index in [9.17, 15) is 9.90 Å². The van der Waals surface area contributed by atoms with Crippen molar-refractivity contribution in [3.8, 4) is 39.6 Å². The fourth-order valence-electron chi connectivity index (χ4n) is 3.84. The molecule has 1 amide bonds. The van der Waals surface area contributed by atoms with E-state index in [0.29, 0.717) is 16.3 Å². The molecule has 4 aromatic carbocycles. The molecule has 0 aliphatic rings. The number of nitrogens with zero attached hydrogens (tertiary/aromatic N) is 1. The van der Waals surface area contributed by atoms with Gasteiger partial charge in [0, 0.05) is 17.5 Å². The second-order valence-electron chi connectivity index (χ2n) is 7.64. The number of phenolic OH excluding ortho intramolecular Hbond substituents is 1. The SMILES string of the molecule is CC(=O)Nc1oc(-c2ccc(-c3cccc4ccccc34)cc2O)nc1-c1ccc(Cl)cc1. The summed E-state index contributed by atoms with van der Waals surface area (Å²) in [7, 11) is 0. The van der Waals surface area contributed by atoms with Gasteiger partial charge in [-0.05, 0) is 46.2 Å². The number of aromatic hydroxyl groups is 1. The summed E-state index contributed by atoms with van der Waals surface area (Å²) in [6.45, 7) is 1.39. The number of anilines is 1. The Labute approximate surface area is 195 Å². The maximum atomic E-state index is 11.7. The normalized spacial score (nSPS) is 11.0. The first-order valence-electron chi connectivity index (χ1n) is 10.4. The Balaban J connectivity index is 1.58. The number of hydrogen-bond donors (Lipinski definition) is 2. The van der Waals surface area contributed by atoms with Crippen LogP contribution in [0, 0.1) is 0 Å². The van der Waals surface area contributed by atoms with Gasteiger partial charge in [0.25, 0.3) is 0 Å². The van der Waals surface area contributed by atoms with E-state index in [-0.39, 0.29) is 23.4 Å². The van der Waals surface area contributed by atoms with Gasteiger partial charge < -0.3 is 9.52 Å². The van der Waals surface area contributed by atoms with Gasteiger partial charge in [0.15, 0.2) is 0 Å². The van der Waals surface area contributed by atoms with Gasteiger partial charge in [-0.15, -0.1) is 0 Å². The molecule has 2 N–H and O–H groups in total. The van der Waals surface area contributed by atoms with Gasteiger partial charge in [0.2, 0.25) is 17.7 Å². The van der Waals surface area contributed by atoms with Crippen molar-refractivity contribution in [3.63, 3.8) is 0 Å². The highest BCUT2D eigenvalue weighted by Crippen LogP contribution is 2.39. The van der Waals surface area contributed by atoms with E-state index >= 15 is 0 Å². The molecule has 5 nitrogen and oxygen atoms in total. The fraction of sp³-hybridized carbons (Fsp3) is 0.0370. The van der Waals surface area contributed by atoms with Gasteiger partial charge in [0.1, 0.15) is 11.4 Å². The topological polar surface area (TPSA) is 75.4 Å². The number of fused-ring (bicyclic) bond motifs is 1. The molecule has 0 radical (unpaired) electrons. The number of halogens is 1. The van der Waals surface area contributed by atoms with Gasteiger partial charge in [-0.1, -0.05) is 72.3 Å². The quantitative estimate of drug-likeness (QED) is 0.302. The lowest BCUT2D eigenvalue weighted by molar-refractivity contribution is -0.114. The van der Waals surface area contributed by atoms with Crippen molar-refractivity contribution in [2.75, 3.05) is 5.32 Å². The number of amides is 1. The van der Waals surface area contributed by atoms with E-state index in [2.05, 4.69) is 28.5 Å². The van der Waals surface area contributed by atoms with Gasteiger partial charge in [0.05, 0.1) is 5.56 Å². The van der Waals surface area contributed by atoms with Crippen molar-refractivity contribution >= 4 is 34.2 Å². The predicted octanol–water partition coefficient (Wildman–Crippen LogP) is 7.15. The van der Waals surface area contributed by atoms with Crippen LogP contribution < -0.4 is 5.32 Å². The first kappa shape index (κ1) is 20.8. The summed E-state index contributed by atoms with van der Waals surface area (Å²) in [6.07, 6.45) is 0. The molecule has 5 rings (SSSR count). The molecule has 6 heteroatoms. The Morgan fingerprint density at radius 1 is 0.909 bits per heavy atom. The molecule has 0 bridgehead atoms. The van der Waals surface area contributed by atoms with Gasteiger partial charge in [-0.2, -0.15) is 0 Å². The van der Waals surface area contributed by atoms with Crippen molar-refractivity contribution in [3.05, 3.63) is 90.0 Å². The summed E-state index contributed by atoms with van der Waals surface area (Å²) in [4.78, 5) is 16.3. The molecule has 1 aromatic heterocycles. The average molecular weight is 455 g/mol. The molecule has 33 heavy (non-hydrogen) atoms. The standard InChI is InChI=1S/C27H19ClN2O3/c1-16(31)29-27-25(18-9-12-20(28)13-10-18)30-26(33-27)23-14-11-19(15-24(23)32)22-8-4-6-17-5-2-3-7-21(17)22/h2-15,32H,1H3,(H,29,31). The lowest BCUT2D eigenvalue weighted by Crippen LogP contribution is -2.05. The maximum absolute atomic E-state index is 11.7. The third kappa shape index (κ3) is 4.06. The minimum atomic E-state index is -0.288. The maximum Gasteiger partial charge on any atom is 0.233 e. The second kappa shape index (κ2) is 8.45. The lowest BCUT2D eigenvalue weighted by Gasteiger charge is -2.09. The van der Waals surface area contributed by atoms with E-state index in [0.717, 1.165) is 27.5 Å². The number of hydrogen-bond acceptors (Lipinski definition) is 4. The second-order valence-corrected chi connectivity index (χ2v) is 8.08. The van der Waals surface area contributed by atoms with Crippen LogP contribution in [0.1, 0.15) is 6.92 Å². The molecule has 0 aliphatic heterocycles. The summed E-state index contributed by atoms with van der Waals surface area (Å²) in [5, 5.41) is 16.3. The smallest absolute Gasteiger partial charge is 0.233 e. The minimum absolute atomic E-state index is 0.0266. The molecule has 0 atom stereocenters.